The average Bonchev–Trinajstić information content (AvgIpc) is 2.65. The Morgan fingerprint density at radius 3 is 2.36 bits per heavy atom. The van der Waals surface area contributed by atoms with E-state index in [2.05, 4.69) is 5.32 Å². The number of benzene rings is 2. The third kappa shape index (κ3) is 5.91. The maximum absolute atomic E-state index is 12.1. The highest BCUT2D eigenvalue weighted by atomic mass is 16.5. The molecule has 0 saturated heterocycles. The normalized spacial score (nSPS) is 10.0. The van der Waals surface area contributed by atoms with Crippen LogP contribution in [0.4, 0.5) is 4.79 Å². The Morgan fingerprint density at radius 2 is 1.68 bits per heavy atom. The van der Waals surface area contributed by atoms with Crippen LogP contribution >= 0.6 is 0 Å². The lowest BCUT2D eigenvalue weighted by atomic mass is 10.2. The first-order valence-electron chi connectivity index (χ1n) is 8.01. The third-order valence-electron chi connectivity index (χ3n) is 3.61. The second-order valence-corrected chi connectivity index (χ2v) is 5.46. The standard InChI is InChI=1S/C19H24N2O4/c1-21(14-15-5-4-6-18(13-15)24-3)19(22)20-11-12-25-17-9-7-16(23-2)8-10-17/h4-10,13H,11-12,14H2,1-3H3,(H,20,22). The lowest BCUT2D eigenvalue weighted by molar-refractivity contribution is 0.203. The van der Waals surface area contributed by atoms with Crippen LogP contribution in [0.1, 0.15) is 5.56 Å². The molecule has 0 aliphatic heterocycles. The number of hydrogen-bond donors (Lipinski definition) is 1. The van der Waals surface area contributed by atoms with E-state index in [1.165, 1.54) is 0 Å². The van der Waals surface area contributed by atoms with Crippen LogP contribution in [0.5, 0.6) is 17.2 Å². The number of amides is 2. The topological polar surface area (TPSA) is 60.0 Å². The molecule has 134 valence electrons. The number of carbonyl (C=O) groups is 1. The van der Waals surface area contributed by atoms with Crippen molar-refractivity contribution in [3.8, 4) is 17.2 Å². The predicted octanol–water partition coefficient (Wildman–Crippen LogP) is 2.92. The molecule has 2 aromatic carbocycles. The number of methoxy groups -OCH3 is 2. The molecule has 0 saturated carbocycles. The molecule has 0 bridgehead atoms. The van der Waals surface area contributed by atoms with Crippen molar-refractivity contribution in [3.63, 3.8) is 0 Å². The van der Waals surface area contributed by atoms with Crippen molar-refractivity contribution in [2.24, 2.45) is 0 Å². The van der Waals surface area contributed by atoms with Gasteiger partial charge in [0.1, 0.15) is 23.9 Å². The van der Waals surface area contributed by atoms with E-state index in [-0.39, 0.29) is 6.03 Å². The molecule has 0 heterocycles. The summed E-state index contributed by atoms with van der Waals surface area (Å²) in [6.07, 6.45) is 0. The van der Waals surface area contributed by atoms with Gasteiger partial charge in [-0.25, -0.2) is 4.79 Å². The zero-order valence-electron chi connectivity index (χ0n) is 14.8. The monoisotopic (exact) mass is 344 g/mol. The summed E-state index contributed by atoms with van der Waals surface area (Å²) in [5.74, 6) is 2.29. The number of carbonyl (C=O) groups excluding carboxylic acids is 1. The number of nitrogens with one attached hydrogen (secondary N) is 1. The second kappa shape index (κ2) is 9.42. The van der Waals surface area contributed by atoms with Gasteiger partial charge in [0, 0.05) is 13.6 Å². The van der Waals surface area contributed by atoms with E-state index >= 15 is 0 Å². The van der Waals surface area contributed by atoms with Crippen LogP contribution in [0.15, 0.2) is 48.5 Å². The Hall–Kier alpha value is -2.89. The van der Waals surface area contributed by atoms with Gasteiger partial charge in [-0.3, -0.25) is 0 Å². The quantitative estimate of drug-likeness (QED) is 0.748. The van der Waals surface area contributed by atoms with Gasteiger partial charge in [0.15, 0.2) is 0 Å². The van der Waals surface area contributed by atoms with Crippen LogP contribution in [0, 0.1) is 0 Å². The maximum Gasteiger partial charge on any atom is 0.317 e. The Labute approximate surface area is 148 Å². The van der Waals surface area contributed by atoms with E-state index in [0.717, 1.165) is 22.8 Å². The average molecular weight is 344 g/mol. The SMILES string of the molecule is COc1ccc(OCCNC(=O)N(C)Cc2cccc(OC)c2)cc1. The van der Waals surface area contributed by atoms with Gasteiger partial charge >= 0.3 is 6.03 Å². The van der Waals surface area contributed by atoms with E-state index in [9.17, 15) is 4.79 Å². The van der Waals surface area contributed by atoms with Crippen molar-refractivity contribution < 1.29 is 19.0 Å². The summed E-state index contributed by atoms with van der Waals surface area (Å²) in [4.78, 5) is 13.7. The smallest absolute Gasteiger partial charge is 0.317 e. The van der Waals surface area contributed by atoms with Crippen LogP contribution < -0.4 is 19.5 Å². The maximum atomic E-state index is 12.1. The molecular weight excluding hydrogens is 320 g/mol. The van der Waals surface area contributed by atoms with Gasteiger partial charge in [0.25, 0.3) is 0 Å². The summed E-state index contributed by atoms with van der Waals surface area (Å²) < 4.78 is 15.9. The highest BCUT2D eigenvalue weighted by molar-refractivity contribution is 5.73. The van der Waals surface area contributed by atoms with Gasteiger partial charge in [-0.05, 0) is 42.0 Å². The van der Waals surface area contributed by atoms with Crippen LogP contribution in [-0.4, -0.2) is 45.3 Å². The first kappa shape index (κ1) is 18.4. The van der Waals surface area contributed by atoms with Gasteiger partial charge in [-0.1, -0.05) is 12.1 Å². The van der Waals surface area contributed by atoms with Crippen molar-refractivity contribution >= 4 is 6.03 Å². The Bertz CT molecular complexity index is 673. The van der Waals surface area contributed by atoms with Crippen molar-refractivity contribution in [2.75, 3.05) is 34.4 Å². The Morgan fingerprint density at radius 1 is 1.00 bits per heavy atom. The molecule has 0 atom stereocenters. The molecule has 6 heteroatoms. The second-order valence-electron chi connectivity index (χ2n) is 5.46. The van der Waals surface area contributed by atoms with Crippen molar-refractivity contribution in [1.82, 2.24) is 10.2 Å². The van der Waals surface area contributed by atoms with Gasteiger partial charge in [0.05, 0.1) is 20.8 Å². The van der Waals surface area contributed by atoms with Crippen molar-refractivity contribution in [2.45, 2.75) is 6.54 Å². The fraction of sp³-hybridized carbons (Fsp3) is 0.316. The summed E-state index contributed by atoms with van der Waals surface area (Å²) in [5.41, 5.74) is 1.01. The third-order valence-corrected chi connectivity index (χ3v) is 3.61. The number of urea groups is 1. The molecule has 0 radical (unpaired) electrons. The minimum Gasteiger partial charge on any atom is -0.497 e. The van der Waals surface area contributed by atoms with E-state index in [1.54, 1.807) is 26.2 Å². The van der Waals surface area contributed by atoms with E-state index < -0.39 is 0 Å². The fourth-order valence-corrected chi connectivity index (χ4v) is 2.25. The summed E-state index contributed by atoms with van der Waals surface area (Å²) in [5, 5.41) is 2.83. The van der Waals surface area contributed by atoms with Gasteiger partial charge < -0.3 is 24.4 Å². The molecule has 6 nitrogen and oxygen atoms in total. The van der Waals surface area contributed by atoms with Crippen LogP contribution in [0.2, 0.25) is 0 Å². The summed E-state index contributed by atoms with van der Waals surface area (Å²) >= 11 is 0. The van der Waals surface area contributed by atoms with E-state index in [0.29, 0.717) is 19.7 Å². The highest BCUT2D eigenvalue weighted by Gasteiger charge is 2.09. The molecule has 25 heavy (non-hydrogen) atoms. The minimum absolute atomic E-state index is 0.152. The van der Waals surface area contributed by atoms with Gasteiger partial charge in [-0.15, -0.1) is 0 Å². The van der Waals surface area contributed by atoms with Crippen LogP contribution in [-0.2, 0) is 6.54 Å². The zero-order chi connectivity index (χ0) is 18.1. The summed E-state index contributed by atoms with van der Waals surface area (Å²) in [6.45, 7) is 1.32. The largest absolute Gasteiger partial charge is 0.497 e. The highest BCUT2D eigenvalue weighted by Crippen LogP contribution is 2.16. The van der Waals surface area contributed by atoms with Gasteiger partial charge in [0.2, 0.25) is 0 Å². The lowest BCUT2D eigenvalue weighted by Crippen LogP contribution is -2.38. The Kier molecular flexibility index (Phi) is 6.95. The molecule has 0 aliphatic carbocycles. The minimum atomic E-state index is -0.152. The van der Waals surface area contributed by atoms with Crippen LogP contribution in [0.25, 0.3) is 0 Å². The Balaban J connectivity index is 1.71. The first-order valence-corrected chi connectivity index (χ1v) is 8.01. The molecule has 0 fully saturated rings. The predicted molar refractivity (Wildman–Crippen MR) is 96.3 cm³/mol. The zero-order valence-corrected chi connectivity index (χ0v) is 14.8. The molecule has 0 aromatic heterocycles. The van der Waals surface area contributed by atoms with Crippen molar-refractivity contribution in [3.05, 3.63) is 54.1 Å². The molecule has 0 unspecified atom stereocenters. The molecule has 0 spiro atoms. The fourth-order valence-electron chi connectivity index (χ4n) is 2.25. The molecule has 2 aromatic rings. The summed E-state index contributed by atoms with van der Waals surface area (Å²) in [7, 11) is 4.99. The molecular formula is C19H24N2O4. The lowest BCUT2D eigenvalue weighted by Gasteiger charge is -2.18. The van der Waals surface area contributed by atoms with E-state index in [1.807, 2.05) is 48.5 Å². The summed E-state index contributed by atoms with van der Waals surface area (Å²) in [6, 6.07) is 14.8. The molecule has 2 rings (SSSR count). The number of ether oxygens (including phenoxy) is 3. The number of rotatable bonds is 8. The number of nitrogens with zero attached hydrogens (tertiary/aromatic N) is 1. The van der Waals surface area contributed by atoms with Crippen molar-refractivity contribution in [1.29, 1.82) is 0 Å². The van der Waals surface area contributed by atoms with Crippen LogP contribution in [0.3, 0.4) is 0 Å². The first-order chi connectivity index (χ1) is 12.1. The molecule has 1 N–H and O–H groups in total. The number of hydrogen-bond acceptors (Lipinski definition) is 4. The van der Waals surface area contributed by atoms with Gasteiger partial charge in [-0.2, -0.15) is 0 Å². The van der Waals surface area contributed by atoms with E-state index in [4.69, 9.17) is 14.2 Å². The molecule has 2 amide bonds. The molecule has 0 aliphatic rings.